The van der Waals surface area contributed by atoms with Gasteiger partial charge in [-0.05, 0) is 30.5 Å². The normalized spacial score (nSPS) is 18.2. The van der Waals surface area contributed by atoms with Crippen molar-refractivity contribution in [2.75, 3.05) is 20.2 Å². The highest BCUT2D eigenvalue weighted by atomic mass is 16.5. The van der Waals surface area contributed by atoms with E-state index in [1.165, 1.54) is 0 Å². The zero-order valence-corrected chi connectivity index (χ0v) is 15.1. The van der Waals surface area contributed by atoms with E-state index in [-0.39, 0.29) is 17.7 Å². The molecule has 0 saturated carbocycles. The summed E-state index contributed by atoms with van der Waals surface area (Å²) in [5, 5.41) is 2.99. The predicted molar refractivity (Wildman–Crippen MR) is 93.6 cm³/mol. The third-order valence-electron chi connectivity index (χ3n) is 4.35. The highest BCUT2D eigenvalue weighted by Crippen LogP contribution is 2.23. The molecule has 1 atom stereocenters. The molecule has 0 radical (unpaired) electrons. The fourth-order valence-corrected chi connectivity index (χ4v) is 2.93. The number of methoxy groups -OCH3 is 1. The van der Waals surface area contributed by atoms with Crippen LogP contribution in [0.5, 0.6) is 5.75 Å². The summed E-state index contributed by atoms with van der Waals surface area (Å²) in [6.07, 6.45) is 1.71. The Bertz CT molecular complexity index is 575. The summed E-state index contributed by atoms with van der Waals surface area (Å²) in [6.45, 7) is 7.52. The van der Waals surface area contributed by atoms with Gasteiger partial charge in [-0.2, -0.15) is 0 Å². The molecule has 1 aliphatic rings. The van der Waals surface area contributed by atoms with Crippen LogP contribution in [0.1, 0.15) is 39.2 Å². The number of piperidine rings is 1. The largest absolute Gasteiger partial charge is 0.497 e. The number of amides is 2. The molecule has 0 aliphatic carbocycles. The van der Waals surface area contributed by atoms with E-state index in [0.717, 1.165) is 30.7 Å². The van der Waals surface area contributed by atoms with Gasteiger partial charge in [-0.1, -0.05) is 32.9 Å². The fourth-order valence-electron chi connectivity index (χ4n) is 2.93. The van der Waals surface area contributed by atoms with Gasteiger partial charge in [-0.15, -0.1) is 0 Å². The molecule has 0 unspecified atom stereocenters. The number of likely N-dealkylation sites (tertiary alicyclic amines) is 1. The van der Waals surface area contributed by atoms with E-state index in [1.54, 1.807) is 7.11 Å². The molecular formula is C19H28N2O3. The van der Waals surface area contributed by atoms with Crippen molar-refractivity contribution in [1.29, 1.82) is 0 Å². The number of carbonyl (C=O) groups is 2. The summed E-state index contributed by atoms with van der Waals surface area (Å²) in [5.74, 6) is 0.823. The zero-order valence-electron chi connectivity index (χ0n) is 15.1. The Morgan fingerprint density at radius 3 is 2.50 bits per heavy atom. The summed E-state index contributed by atoms with van der Waals surface area (Å²) in [6, 6.07) is 7.64. The number of nitrogens with one attached hydrogen (secondary N) is 1. The average Bonchev–Trinajstić information content (AvgIpc) is 2.58. The molecule has 1 aromatic carbocycles. The van der Waals surface area contributed by atoms with E-state index in [0.29, 0.717) is 13.1 Å². The van der Waals surface area contributed by atoms with Crippen LogP contribution < -0.4 is 10.1 Å². The number of rotatable bonds is 4. The highest BCUT2D eigenvalue weighted by molar-refractivity contribution is 5.83. The third kappa shape index (κ3) is 4.73. The van der Waals surface area contributed by atoms with Crippen LogP contribution in [-0.4, -0.2) is 36.9 Å². The van der Waals surface area contributed by atoms with Crippen LogP contribution in [0, 0.1) is 11.3 Å². The zero-order chi connectivity index (χ0) is 17.7. The van der Waals surface area contributed by atoms with Gasteiger partial charge >= 0.3 is 0 Å². The van der Waals surface area contributed by atoms with Crippen LogP contribution in [-0.2, 0) is 16.1 Å². The van der Waals surface area contributed by atoms with Crippen LogP contribution >= 0.6 is 0 Å². The van der Waals surface area contributed by atoms with E-state index < -0.39 is 5.41 Å². The van der Waals surface area contributed by atoms with Crippen molar-refractivity contribution in [2.45, 2.75) is 40.2 Å². The van der Waals surface area contributed by atoms with Crippen LogP contribution in [0.15, 0.2) is 24.3 Å². The molecule has 2 amide bonds. The molecule has 0 bridgehead atoms. The Hall–Kier alpha value is -2.04. The van der Waals surface area contributed by atoms with Crippen molar-refractivity contribution in [3.05, 3.63) is 29.8 Å². The molecule has 1 heterocycles. The first-order valence-corrected chi connectivity index (χ1v) is 8.51. The molecule has 1 N–H and O–H groups in total. The highest BCUT2D eigenvalue weighted by Gasteiger charge is 2.33. The van der Waals surface area contributed by atoms with Gasteiger partial charge in [0.2, 0.25) is 11.8 Å². The number of ether oxygens (including phenoxy) is 1. The number of benzene rings is 1. The van der Waals surface area contributed by atoms with E-state index in [9.17, 15) is 9.59 Å². The summed E-state index contributed by atoms with van der Waals surface area (Å²) in [4.78, 5) is 26.7. The number of hydrogen-bond acceptors (Lipinski definition) is 3. The molecule has 1 saturated heterocycles. The van der Waals surface area contributed by atoms with Gasteiger partial charge in [0.05, 0.1) is 13.0 Å². The molecule has 1 fully saturated rings. The second kappa shape index (κ2) is 7.69. The van der Waals surface area contributed by atoms with Crippen LogP contribution in [0.25, 0.3) is 0 Å². The Balaban J connectivity index is 1.88. The van der Waals surface area contributed by atoms with E-state index >= 15 is 0 Å². The molecule has 132 valence electrons. The van der Waals surface area contributed by atoms with Crippen molar-refractivity contribution in [3.63, 3.8) is 0 Å². The van der Waals surface area contributed by atoms with Crippen LogP contribution in [0.4, 0.5) is 0 Å². The van der Waals surface area contributed by atoms with Gasteiger partial charge < -0.3 is 15.0 Å². The molecule has 1 aliphatic heterocycles. The lowest BCUT2D eigenvalue weighted by Crippen LogP contribution is -2.48. The smallest absolute Gasteiger partial charge is 0.227 e. The maximum atomic E-state index is 12.4. The third-order valence-corrected chi connectivity index (χ3v) is 4.35. The van der Waals surface area contributed by atoms with Crippen molar-refractivity contribution in [2.24, 2.45) is 11.3 Å². The lowest BCUT2D eigenvalue weighted by molar-refractivity contribution is -0.142. The minimum Gasteiger partial charge on any atom is -0.497 e. The second-order valence-corrected chi connectivity index (χ2v) is 7.41. The molecule has 24 heavy (non-hydrogen) atoms. The molecular weight excluding hydrogens is 304 g/mol. The van der Waals surface area contributed by atoms with E-state index in [1.807, 2.05) is 49.9 Å². The Morgan fingerprint density at radius 2 is 1.92 bits per heavy atom. The first-order valence-electron chi connectivity index (χ1n) is 8.51. The quantitative estimate of drug-likeness (QED) is 0.922. The standard InChI is InChI=1S/C19H28N2O3/c1-19(2,3)18(23)21-11-5-6-15(13-21)17(22)20-12-14-7-9-16(24-4)10-8-14/h7-10,15H,5-6,11-13H2,1-4H3,(H,20,22)/t15-/m1/s1. The van der Waals surface area contributed by atoms with Crippen molar-refractivity contribution in [3.8, 4) is 5.75 Å². The van der Waals surface area contributed by atoms with Crippen molar-refractivity contribution >= 4 is 11.8 Å². The lowest BCUT2D eigenvalue weighted by Gasteiger charge is -2.35. The first-order chi connectivity index (χ1) is 11.3. The summed E-state index contributed by atoms with van der Waals surface area (Å²) in [5.41, 5.74) is 0.629. The van der Waals surface area contributed by atoms with Crippen LogP contribution in [0.3, 0.4) is 0 Å². The fraction of sp³-hybridized carbons (Fsp3) is 0.579. The van der Waals surface area contributed by atoms with E-state index in [4.69, 9.17) is 4.74 Å². The molecule has 1 aromatic rings. The Morgan fingerprint density at radius 1 is 1.25 bits per heavy atom. The van der Waals surface area contributed by atoms with Crippen molar-refractivity contribution in [1.82, 2.24) is 10.2 Å². The minimum absolute atomic E-state index is 0.0252. The summed E-state index contributed by atoms with van der Waals surface area (Å²) < 4.78 is 5.13. The SMILES string of the molecule is COc1ccc(CNC(=O)[C@@H]2CCCN(C(=O)C(C)(C)C)C2)cc1. The van der Waals surface area contributed by atoms with Crippen LogP contribution in [0.2, 0.25) is 0 Å². The van der Waals surface area contributed by atoms with Crippen molar-refractivity contribution < 1.29 is 14.3 Å². The van der Waals surface area contributed by atoms with Gasteiger partial charge in [0, 0.05) is 25.0 Å². The van der Waals surface area contributed by atoms with Gasteiger partial charge in [0.25, 0.3) is 0 Å². The van der Waals surface area contributed by atoms with Gasteiger partial charge in [-0.25, -0.2) is 0 Å². The summed E-state index contributed by atoms with van der Waals surface area (Å²) >= 11 is 0. The van der Waals surface area contributed by atoms with Gasteiger partial charge in [-0.3, -0.25) is 9.59 Å². The maximum Gasteiger partial charge on any atom is 0.227 e. The second-order valence-electron chi connectivity index (χ2n) is 7.41. The summed E-state index contributed by atoms with van der Waals surface area (Å²) in [7, 11) is 1.63. The minimum atomic E-state index is -0.401. The van der Waals surface area contributed by atoms with Gasteiger partial charge in [0.1, 0.15) is 5.75 Å². The molecule has 5 heteroatoms. The lowest BCUT2D eigenvalue weighted by atomic mass is 9.91. The Kier molecular flexibility index (Phi) is 5.86. The number of hydrogen-bond donors (Lipinski definition) is 1. The van der Waals surface area contributed by atoms with Gasteiger partial charge in [0.15, 0.2) is 0 Å². The molecule has 0 aromatic heterocycles. The monoisotopic (exact) mass is 332 g/mol. The Labute approximate surface area is 144 Å². The average molecular weight is 332 g/mol. The molecule has 5 nitrogen and oxygen atoms in total. The first kappa shape index (κ1) is 18.3. The number of carbonyl (C=O) groups excluding carboxylic acids is 2. The topological polar surface area (TPSA) is 58.6 Å². The molecule has 0 spiro atoms. The van der Waals surface area contributed by atoms with E-state index in [2.05, 4.69) is 5.32 Å². The maximum absolute atomic E-state index is 12.4. The number of nitrogens with zero attached hydrogens (tertiary/aromatic N) is 1. The molecule has 2 rings (SSSR count). The predicted octanol–water partition coefficient (Wildman–Crippen LogP) is 2.60.